The summed E-state index contributed by atoms with van der Waals surface area (Å²) in [4.78, 5) is 15.1. The molecule has 3 aromatic carbocycles. The fraction of sp³-hybridized carbons (Fsp3) is 0.120. The van der Waals surface area contributed by atoms with Gasteiger partial charge in [0.15, 0.2) is 15.8 Å². The minimum absolute atomic E-state index is 0.169. The summed E-state index contributed by atoms with van der Waals surface area (Å²) in [5.74, 6) is 0.630. The summed E-state index contributed by atoms with van der Waals surface area (Å²) in [6, 6.07) is 19.1. The van der Waals surface area contributed by atoms with Crippen LogP contribution in [0.25, 0.3) is 6.08 Å². The van der Waals surface area contributed by atoms with Gasteiger partial charge in [0.05, 0.1) is 17.2 Å². The standard InChI is InChI=1S/C25H19BrFNO3S2/c1-2-30-21-12-17(20(26)14-22(21)31-15-16-8-10-18(27)11-9-16)13-23-24(29)28(25(32)33-23)19-6-4-3-5-7-19/h3-14H,2,15H2,1H3/b23-13+. The van der Waals surface area contributed by atoms with Gasteiger partial charge in [0.2, 0.25) is 0 Å². The third-order valence-corrected chi connectivity index (χ3v) is 6.75. The predicted molar refractivity (Wildman–Crippen MR) is 138 cm³/mol. The smallest absolute Gasteiger partial charge is 0.270 e. The highest BCUT2D eigenvalue weighted by Gasteiger charge is 2.33. The Morgan fingerprint density at radius 1 is 1.06 bits per heavy atom. The molecule has 3 aromatic rings. The molecule has 1 heterocycles. The molecule has 4 nitrogen and oxygen atoms in total. The number of halogens is 2. The van der Waals surface area contributed by atoms with Crippen molar-refractivity contribution in [2.75, 3.05) is 11.5 Å². The van der Waals surface area contributed by atoms with Crippen molar-refractivity contribution in [1.29, 1.82) is 0 Å². The van der Waals surface area contributed by atoms with Crippen molar-refractivity contribution in [2.24, 2.45) is 0 Å². The number of carbonyl (C=O) groups is 1. The molecule has 0 bridgehead atoms. The van der Waals surface area contributed by atoms with E-state index in [9.17, 15) is 9.18 Å². The predicted octanol–water partition coefficient (Wildman–Crippen LogP) is 6.97. The molecule has 1 amide bonds. The van der Waals surface area contributed by atoms with Gasteiger partial charge in [0.1, 0.15) is 12.4 Å². The van der Waals surface area contributed by atoms with E-state index in [1.165, 1.54) is 28.8 Å². The van der Waals surface area contributed by atoms with E-state index in [1.54, 1.807) is 24.3 Å². The maximum atomic E-state index is 13.1. The third kappa shape index (κ3) is 5.46. The first-order valence-corrected chi connectivity index (χ1v) is 12.1. The Morgan fingerprint density at radius 3 is 2.45 bits per heavy atom. The van der Waals surface area contributed by atoms with Gasteiger partial charge in [-0.2, -0.15) is 0 Å². The van der Waals surface area contributed by atoms with Crippen LogP contribution in [0.15, 0.2) is 76.1 Å². The van der Waals surface area contributed by atoms with Crippen LogP contribution in [-0.2, 0) is 11.4 Å². The van der Waals surface area contributed by atoms with Crippen LogP contribution in [0.4, 0.5) is 10.1 Å². The Hall–Kier alpha value is -2.68. The summed E-state index contributed by atoms with van der Waals surface area (Å²) in [6.45, 7) is 2.60. The van der Waals surface area contributed by atoms with E-state index in [-0.39, 0.29) is 18.3 Å². The molecule has 4 rings (SSSR count). The average Bonchev–Trinajstić information content (AvgIpc) is 3.09. The number of amides is 1. The number of hydrogen-bond donors (Lipinski definition) is 0. The number of thioether (sulfide) groups is 1. The van der Waals surface area contributed by atoms with Crippen molar-refractivity contribution in [3.05, 3.63) is 93.1 Å². The van der Waals surface area contributed by atoms with Crippen molar-refractivity contribution in [3.8, 4) is 11.5 Å². The third-order valence-electron chi connectivity index (χ3n) is 4.77. The van der Waals surface area contributed by atoms with Crippen molar-refractivity contribution < 1.29 is 18.7 Å². The second-order valence-electron chi connectivity index (χ2n) is 7.02. The van der Waals surface area contributed by atoms with E-state index in [4.69, 9.17) is 21.7 Å². The quantitative estimate of drug-likeness (QED) is 0.237. The largest absolute Gasteiger partial charge is 0.490 e. The number of benzene rings is 3. The first kappa shape index (κ1) is 23.5. The number of anilines is 1. The summed E-state index contributed by atoms with van der Waals surface area (Å²) in [5.41, 5.74) is 2.34. The molecule has 33 heavy (non-hydrogen) atoms. The molecule has 0 atom stereocenters. The van der Waals surface area contributed by atoms with E-state index in [0.29, 0.717) is 27.3 Å². The Bertz CT molecular complexity index is 1220. The van der Waals surface area contributed by atoms with Crippen LogP contribution in [-0.4, -0.2) is 16.8 Å². The number of thiocarbonyl (C=S) groups is 1. The number of para-hydroxylation sites is 1. The lowest BCUT2D eigenvalue weighted by Crippen LogP contribution is -2.27. The topological polar surface area (TPSA) is 38.8 Å². The van der Waals surface area contributed by atoms with Gasteiger partial charge in [-0.05, 0) is 60.5 Å². The van der Waals surface area contributed by atoms with Crippen LogP contribution in [0.2, 0.25) is 0 Å². The number of carbonyl (C=O) groups excluding carboxylic acids is 1. The number of nitrogens with zero attached hydrogens (tertiary/aromatic N) is 1. The summed E-state index contributed by atoms with van der Waals surface area (Å²) in [6.07, 6.45) is 1.79. The van der Waals surface area contributed by atoms with E-state index in [0.717, 1.165) is 21.3 Å². The minimum atomic E-state index is -0.293. The molecule has 1 aliphatic heterocycles. The minimum Gasteiger partial charge on any atom is -0.490 e. The molecular formula is C25H19BrFNO3S2. The van der Waals surface area contributed by atoms with Crippen LogP contribution in [0.5, 0.6) is 11.5 Å². The fourth-order valence-electron chi connectivity index (χ4n) is 3.19. The summed E-state index contributed by atoms with van der Waals surface area (Å²) in [7, 11) is 0. The molecule has 0 unspecified atom stereocenters. The van der Waals surface area contributed by atoms with Gasteiger partial charge in [0, 0.05) is 4.47 Å². The van der Waals surface area contributed by atoms with Crippen LogP contribution in [0.3, 0.4) is 0 Å². The average molecular weight is 544 g/mol. The number of rotatable bonds is 7. The Labute approximate surface area is 209 Å². The van der Waals surface area contributed by atoms with E-state index in [1.807, 2.05) is 43.3 Å². The zero-order valence-corrected chi connectivity index (χ0v) is 20.8. The van der Waals surface area contributed by atoms with Gasteiger partial charge in [-0.3, -0.25) is 9.69 Å². The number of ether oxygens (including phenoxy) is 2. The molecule has 168 valence electrons. The monoisotopic (exact) mass is 543 g/mol. The Kier molecular flexibility index (Phi) is 7.47. The summed E-state index contributed by atoms with van der Waals surface area (Å²) in [5, 5.41) is 0. The van der Waals surface area contributed by atoms with Gasteiger partial charge in [-0.1, -0.05) is 70.2 Å². The highest BCUT2D eigenvalue weighted by molar-refractivity contribution is 9.10. The van der Waals surface area contributed by atoms with Crippen molar-refractivity contribution >= 4 is 61.9 Å². The maximum absolute atomic E-state index is 13.1. The normalized spacial score (nSPS) is 14.8. The summed E-state index contributed by atoms with van der Waals surface area (Å²) < 4.78 is 26.1. The highest BCUT2D eigenvalue weighted by Crippen LogP contribution is 2.39. The lowest BCUT2D eigenvalue weighted by atomic mass is 10.1. The van der Waals surface area contributed by atoms with E-state index < -0.39 is 0 Å². The van der Waals surface area contributed by atoms with E-state index >= 15 is 0 Å². The molecule has 0 radical (unpaired) electrons. The molecule has 0 spiro atoms. The lowest BCUT2D eigenvalue weighted by molar-refractivity contribution is -0.113. The highest BCUT2D eigenvalue weighted by atomic mass is 79.9. The molecular weight excluding hydrogens is 525 g/mol. The molecule has 0 N–H and O–H groups in total. The fourth-order valence-corrected chi connectivity index (χ4v) is 4.92. The molecule has 1 aliphatic rings. The first-order chi connectivity index (χ1) is 16.0. The number of hydrogen-bond acceptors (Lipinski definition) is 5. The van der Waals surface area contributed by atoms with Gasteiger partial charge in [0.25, 0.3) is 5.91 Å². The first-order valence-electron chi connectivity index (χ1n) is 10.1. The second-order valence-corrected chi connectivity index (χ2v) is 9.55. The Balaban J connectivity index is 1.59. The molecule has 8 heteroatoms. The second kappa shape index (κ2) is 10.5. The van der Waals surface area contributed by atoms with Crippen molar-refractivity contribution in [2.45, 2.75) is 13.5 Å². The van der Waals surface area contributed by atoms with E-state index in [2.05, 4.69) is 15.9 Å². The molecule has 1 fully saturated rings. The van der Waals surface area contributed by atoms with Crippen LogP contribution >= 0.6 is 39.9 Å². The van der Waals surface area contributed by atoms with Gasteiger partial charge in [-0.15, -0.1) is 0 Å². The van der Waals surface area contributed by atoms with Crippen LogP contribution in [0.1, 0.15) is 18.1 Å². The van der Waals surface area contributed by atoms with Crippen LogP contribution < -0.4 is 14.4 Å². The maximum Gasteiger partial charge on any atom is 0.270 e. The zero-order valence-electron chi connectivity index (χ0n) is 17.6. The zero-order chi connectivity index (χ0) is 23.4. The molecule has 0 aliphatic carbocycles. The molecule has 0 aromatic heterocycles. The van der Waals surface area contributed by atoms with Gasteiger partial charge >= 0.3 is 0 Å². The SMILES string of the molecule is CCOc1cc(/C=C2/SC(=S)N(c3ccccc3)C2=O)c(Br)cc1OCc1ccc(F)cc1. The summed E-state index contributed by atoms with van der Waals surface area (Å²) >= 11 is 10.3. The lowest BCUT2D eigenvalue weighted by Gasteiger charge is -2.15. The molecule has 1 saturated heterocycles. The van der Waals surface area contributed by atoms with Gasteiger partial charge < -0.3 is 9.47 Å². The van der Waals surface area contributed by atoms with Crippen LogP contribution in [0, 0.1) is 5.82 Å². The Morgan fingerprint density at radius 2 is 1.76 bits per heavy atom. The van der Waals surface area contributed by atoms with Gasteiger partial charge in [-0.25, -0.2) is 4.39 Å². The molecule has 0 saturated carbocycles. The van der Waals surface area contributed by atoms with Crippen molar-refractivity contribution in [1.82, 2.24) is 0 Å². The van der Waals surface area contributed by atoms with Crippen molar-refractivity contribution in [3.63, 3.8) is 0 Å².